The molecule has 0 aliphatic carbocycles. The SMILES string of the molecule is CC(C)OCC1CN(Cc2ccc(CN)cc2)C(=O)c2cc(-c3ccc(Cl)cc3)nn21. The summed E-state index contributed by atoms with van der Waals surface area (Å²) >= 11 is 6.02. The fourth-order valence-corrected chi connectivity index (χ4v) is 3.86. The number of rotatable bonds is 7. The first-order valence-electron chi connectivity index (χ1n) is 10.5. The lowest BCUT2D eigenvalue weighted by Gasteiger charge is -2.33. The molecule has 0 bridgehead atoms. The summed E-state index contributed by atoms with van der Waals surface area (Å²) in [5, 5.41) is 5.42. The van der Waals surface area contributed by atoms with Gasteiger partial charge in [-0.15, -0.1) is 0 Å². The highest BCUT2D eigenvalue weighted by molar-refractivity contribution is 6.30. The Morgan fingerprint density at radius 3 is 2.45 bits per heavy atom. The Morgan fingerprint density at radius 1 is 1.13 bits per heavy atom. The fraction of sp³-hybridized carbons (Fsp3) is 0.333. The first-order chi connectivity index (χ1) is 14.9. The van der Waals surface area contributed by atoms with E-state index in [1.807, 2.05) is 78.0 Å². The van der Waals surface area contributed by atoms with Crippen molar-refractivity contribution in [2.24, 2.45) is 5.73 Å². The number of halogens is 1. The van der Waals surface area contributed by atoms with Crippen molar-refractivity contribution in [3.63, 3.8) is 0 Å². The molecule has 3 aromatic rings. The van der Waals surface area contributed by atoms with E-state index in [0.29, 0.717) is 37.0 Å². The van der Waals surface area contributed by atoms with E-state index in [0.717, 1.165) is 22.4 Å². The van der Waals surface area contributed by atoms with Gasteiger partial charge >= 0.3 is 0 Å². The van der Waals surface area contributed by atoms with Gasteiger partial charge in [0.15, 0.2) is 0 Å². The van der Waals surface area contributed by atoms with Crippen LogP contribution in [0.2, 0.25) is 5.02 Å². The van der Waals surface area contributed by atoms with Crippen molar-refractivity contribution in [1.29, 1.82) is 0 Å². The number of benzene rings is 2. The van der Waals surface area contributed by atoms with E-state index in [1.165, 1.54) is 0 Å². The average molecular weight is 439 g/mol. The topological polar surface area (TPSA) is 73.4 Å². The van der Waals surface area contributed by atoms with Crippen LogP contribution in [0.25, 0.3) is 11.3 Å². The number of fused-ring (bicyclic) bond motifs is 1. The molecule has 31 heavy (non-hydrogen) atoms. The maximum atomic E-state index is 13.3. The number of ether oxygens (including phenoxy) is 1. The molecule has 1 aliphatic heterocycles. The molecule has 0 saturated carbocycles. The van der Waals surface area contributed by atoms with Crippen LogP contribution in [0.1, 0.15) is 41.5 Å². The first kappa shape index (κ1) is 21.6. The molecular formula is C24H27ClN4O2. The van der Waals surface area contributed by atoms with E-state index in [-0.39, 0.29) is 18.1 Å². The van der Waals surface area contributed by atoms with Gasteiger partial charge in [0, 0.05) is 30.2 Å². The predicted molar refractivity (Wildman–Crippen MR) is 122 cm³/mol. The lowest BCUT2D eigenvalue weighted by Crippen LogP contribution is -2.44. The highest BCUT2D eigenvalue weighted by Gasteiger charge is 2.33. The fourth-order valence-electron chi connectivity index (χ4n) is 3.74. The minimum absolute atomic E-state index is 0.0311. The second-order valence-corrected chi connectivity index (χ2v) is 8.54. The van der Waals surface area contributed by atoms with E-state index < -0.39 is 0 Å². The molecule has 0 fully saturated rings. The van der Waals surface area contributed by atoms with Gasteiger partial charge in [-0.05, 0) is 43.2 Å². The van der Waals surface area contributed by atoms with Crippen molar-refractivity contribution < 1.29 is 9.53 Å². The Labute approximate surface area is 187 Å². The molecule has 2 heterocycles. The zero-order valence-electron chi connectivity index (χ0n) is 17.8. The molecule has 0 radical (unpaired) electrons. The summed E-state index contributed by atoms with van der Waals surface area (Å²) in [6.07, 6.45) is 0.102. The lowest BCUT2D eigenvalue weighted by atomic mass is 10.1. The maximum Gasteiger partial charge on any atom is 0.272 e. The van der Waals surface area contributed by atoms with Gasteiger partial charge in [0.05, 0.1) is 24.4 Å². The van der Waals surface area contributed by atoms with Crippen molar-refractivity contribution in [3.8, 4) is 11.3 Å². The van der Waals surface area contributed by atoms with Gasteiger partial charge in [0.2, 0.25) is 0 Å². The maximum absolute atomic E-state index is 13.3. The lowest BCUT2D eigenvalue weighted by molar-refractivity contribution is 0.0275. The van der Waals surface area contributed by atoms with Crippen LogP contribution in [0.5, 0.6) is 0 Å². The Morgan fingerprint density at radius 2 is 1.81 bits per heavy atom. The molecule has 1 aromatic heterocycles. The molecule has 2 N–H and O–H groups in total. The molecule has 162 valence electrons. The third-order valence-corrected chi connectivity index (χ3v) is 5.67. The van der Waals surface area contributed by atoms with Gasteiger partial charge in [-0.3, -0.25) is 9.48 Å². The summed E-state index contributed by atoms with van der Waals surface area (Å²) in [5.41, 5.74) is 10.1. The molecule has 1 amide bonds. The molecule has 4 rings (SSSR count). The number of carbonyl (C=O) groups is 1. The van der Waals surface area contributed by atoms with Crippen LogP contribution in [0.15, 0.2) is 54.6 Å². The number of amides is 1. The van der Waals surface area contributed by atoms with Crippen LogP contribution in [-0.4, -0.2) is 39.8 Å². The van der Waals surface area contributed by atoms with Crippen molar-refractivity contribution >= 4 is 17.5 Å². The first-order valence-corrected chi connectivity index (χ1v) is 10.9. The number of aromatic nitrogens is 2. The molecule has 1 aliphatic rings. The number of carbonyl (C=O) groups excluding carboxylic acids is 1. The molecule has 1 unspecified atom stereocenters. The highest BCUT2D eigenvalue weighted by Crippen LogP contribution is 2.28. The van der Waals surface area contributed by atoms with Crippen molar-refractivity contribution in [2.75, 3.05) is 13.2 Å². The van der Waals surface area contributed by atoms with Crippen LogP contribution in [0.4, 0.5) is 0 Å². The Balaban J connectivity index is 1.64. The normalized spacial score (nSPS) is 16.1. The van der Waals surface area contributed by atoms with Gasteiger partial charge in [0.1, 0.15) is 5.69 Å². The average Bonchev–Trinajstić information content (AvgIpc) is 3.22. The third kappa shape index (κ3) is 4.82. The molecule has 0 saturated heterocycles. The van der Waals surface area contributed by atoms with Crippen LogP contribution in [-0.2, 0) is 17.8 Å². The van der Waals surface area contributed by atoms with E-state index in [9.17, 15) is 4.79 Å². The highest BCUT2D eigenvalue weighted by atomic mass is 35.5. The molecule has 0 spiro atoms. The summed E-state index contributed by atoms with van der Waals surface area (Å²) in [5.74, 6) is -0.0311. The number of hydrogen-bond acceptors (Lipinski definition) is 4. The van der Waals surface area contributed by atoms with E-state index in [1.54, 1.807) is 0 Å². The zero-order valence-corrected chi connectivity index (χ0v) is 18.5. The van der Waals surface area contributed by atoms with Gasteiger partial charge in [-0.1, -0.05) is 48.0 Å². The summed E-state index contributed by atoms with van der Waals surface area (Å²) in [7, 11) is 0. The summed E-state index contributed by atoms with van der Waals surface area (Å²) in [4.78, 5) is 15.2. The van der Waals surface area contributed by atoms with Crippen LogP contribution in [0.3, 0.4) is 0 Å². The van der Waals surface area contributed by atoms with Crippen LogP contribution in [0, 0.1) is 0 Å². The predicted octanol–water partition coefficient (Wildman–Crippen LogP) is 4.28. The summed E-state index contributed by atoms with van der Waals surface area (Å²) < 4.78 is 7.72. The van der Waals surface area contributed by atoms with Gasteiger partial charge in [-0.2, -0.15) is 5.10 Å². The standard InChI is InChI=1S/C24H27ClN4O2/c1-16(2)31-15-21-14-28(13-18-5-3-17(12-26)4-6-18)24(30)23-11-22(27-29(21)23)19-7-9-20(25)10-8-19/h3-11,16,21H,12-15,26H2,1-2H3. The minimum atomic E-state index is -0.0561. The third-order valence-electron chi connectivity index (χ3n) is 5.41. The van der Waals surface area contributed by atoms with Crippen molar-refractivity contribution in [3.05, 3.63) is 76.4 Å². The van der Waals surface area contributed by atoms with E-state index in [2.05, 4.69) is 0 Å². The van der Waals surface area contributed by atoms with E-state index >= 15 is 0 Å². The largest absolute Gasteiger partial charge is 0.377 e. The Kier molecular flexibility index (Phi) is 6.41. The second-order valence-electron chi connectivity index (χ2n) is 8.11. The van der Waals surface area contributed by atoms with Crippen molar-refractivity contribution in [1.82, 2.24) is 14.7 Å². The number of nitrogens with two attached hydrogens (primary N) is 1. The van der Waals surface area contributed by atoms with Crippen molar-refractivity contribution in [2.45, 2.75) is 39.1 Å². The molecule has 2 aromatic carbocycles. The molecule has 7 heteroatoms. The van der Waals surface area contributed by atoms with Gasteiger partial charge in [-0.25, -0.2) is 0 Å². The molecule has 1 atom stereocenters. The molecular weight excluding hydrogens is 412 g/mol. The number of hydrogen-bond donors (Lipinski definition) is 1. The Hall–Kier alpha value is -2.67. The Bertz CT molecular complexity index is 1040. The van der Waals surface area contributed by atoms with Gasteiger partial charge in [0.25, 0.3) is 5.91 Å². The van der Waals surface area contributed by atoms with E-state index in [4.69, 9.17) is 27.2 Å². The monoisotopic (exact) mass is 438 g/mol. The van der Waals surface area contributed by atoms with Crippen LogP contribution >= 0.6 is 11.6 Å². The number of nitrogens with zero attached hydrogens (tertiary/aromatic N) is 3. The smallest absolute Gasteiger partial charge is 0.272 e. The second kappa shape index (κ2) is 9.22. The summed E-state index contributed by atoms with van der Waals surface area (Å²) in [6, 6.07) is 17.4. The molecule has 6 nitrogen and oxygen atoms in total. The summed E-state index contributed by atoms with van der Waals surface area (Å²) in [6.45, 7) is 6.08. The zero-order chi connectivity index (χ0) is 22.0. The van der Waals surface area contributed by atoms with Gasteiger partial charge < -0.3 is 15.4 Å². The quantitative estimate of drug-likeness (QED) is 0.597. The van der Waals surface area contributed by atoms with Crippen LogP contribution < -0.4 is 5.73 Å². The minimum Gasteiger partial charge on any atom is -0.377 e.